The maximum Gasteiger partial charge on any atom is 0.229 e. The maximum atomic E-state index is 10.6. The molecule has 0 fully saturated rings. The van der Waals surface area contributed by atoms with E-state index >= 15 is 0 Å². The van der Waals surface area contributed by atoms with Crippen LogP contribution in [0.2, 0.25) is 0 Å². The average Bonchev–Trinajstić information content (AvgIpc) is 3.69. The van der Waals surface area contributed by atoms with Crippen molar-refractivity contribution in [1.29, 1.82) is 0 Å². The third-order valence-corrected chi connectivity index (χ3v) is 8.91. The van der Waals surface area contributed by atoms with Crippen LogP contribution < -0.4 is 0 Å². The number of aryl methyl sites for hydroxylation is 1. The van der Waals surface area contributed by atoms with Gasteiger partial charge in [-0.1, -0.05) is 105 Å². The number of aliphatic imine (C=N–C) groups is 1. The van der Waals surface area contributed by atoms with Gasteiger partial charge >= 0.3 is 0 Å². The summed E-state index contributed by atoms with van der Waals surface area (Å²) < 4.78 is 13.1. The fourth-order valence-corrected chi connectivity index (χ4v) is 6.33. The van der Waals surface area contributed by atoms with Gasteiger partial charge in [-0.25, -0.2) is 4.98 Å². The van der Waals surface area contributed by atoms with E-state index in [1.807, 2.05) is 54.6 Å². The zero-order valence-corrected chi connectivity index (χ0v) is 27.3. The second-order valence-corrected chi connectivity index (χ2v) is 13.3. The number of phenols is 1. The van der Waals surface area contributed by atoms with Gasteiger partial charge in [0.1, 0.15) is 22.4 Å². The molecule has 1 N–H and O–H groups in total. The van der Waals surface area contributed by atoms with E-state index in [1.165, 1.54) is 5.56 Å². The van der Waals surface area contributed by atoms with Gasteiger partial charge in [-0.3, -0.25) is 4.99 Å². The molecule has 2 aromatic heterocycles. The molecule has 5 heteroatoms. The molecule has 48 heavy (non-hydrogen) atoms. The number of hydrogen-bond acceptors (Lipinski definition) is 5. The lowest BCUT2D eigenvalue weighted by Gasteiger charge is -2.19. The molecule has 0 bridgehead atoms. The summed E-state index contributed by atoms with van der Waals surface area (Å²) in [5, 5.41) is 12.8. The van der Waals surface area contributed by atoms with Gasteiger partial charge in [-0.05, 0) is 71.5 Å². The number of hydrogen-bond donors (Lipinski definition) is 1. The topological polar surface area (TPSA) is 71.8 Å². The van der Waals surface area contributed by atoms with Crippen molar-refractivity contribution < 1.29 is 13.9 Å². The van der Waals surface area contributed by atoms with Gasteiger partial charge in [-0.2, -0.15) is 0 Å². The van der Waals surface area contributed by atoms with Crippen LogP contribution in [0, 0.1) is 6.92 Å². The Morgan fingerprint density at radius 2 is 1.44 bits per heavy atom. The summed E-state index contributed by atoms with van der Waals surface area (Å²) in [6.45, 7) is 8.55. The highest BCUT2D eigenvalue weighted by molar-refractivity contribution is 6.12. The van der Waals surface area contributed by atoms with Gasteiger partial charge in [0.05, 0.1) is 11.3 Å². The second kappa shape index (κ2) is 11.4. The van der Waals surface area contributed by atoms with Gasteiger partial charge in [0.15, 0.2) is 5.58 Å². The van der Waals surface area contributed by atoms with Crippen molar-refractivity contribution >= 4 is 44.9 Å². The molecule has 0 atom stereocenters. The van der Waals surface area contributed by atoms with Crippen LogP contribution in [0.25, 0.3) is 66.7 Å². The standard InChI is InChI=1S/C43H34N2O3/c1-26-11-9-12-27(21-26)28-23-35(33-16-10-15-32-31-13-6-8-18-38(31)47-41(32)33)40-39(24-28)48-42(45-40)34-14-5-7-17-36(34)44-25-29-22-30(43(2,3)4)19-20-37(29)46/h5-25,46H,1-4H3. The monoisotopic (exact) mass is 626 g/mol. The molecular weight excluding hydrogens is 592 g/mol. The summed E-state index contributed by atoms with van der Waals surface area (Å²) >= 11 is 0. The van der Waals surface area contributed by atoms with Crippen molar-refractivity contribution in [3.05, 3.63) is 138 Å². The summed E-state index contributed by atoms with van der Waals surface area (Å²) in [5.41, 5.74) is 11.4. The van der Waals surface area contributed by atoms with E-state index < -0.39 is 0 Å². The first-order valence-corrected chi connectivity index (χ1v) is 16.1. The minimum atomic E-state index is -0.0614. The van der Waals surface area contributed by atoms with Crippen LogP contribution in [-0.2, 0) is 5.41 Å². The Hall–Kier alpha value is -5.94. The molecule has 5 nitrogen and oxygen atoms in total. The molecule has 0 aliphatic carbocycles. The zero-order valence-electron chi connectivity index (χ0n) is 27.3. The van der Waals surface area contributed by atoms with Gasteiger partial charge in [0, 0.05) is 33.7 Å². The first-order valence-electron chi connectivity index (χ1n) is 16.1. The van der Waals surface area contributed by atoms with Crippen molar-refractivity contribution in [3.8, 4) is 39.5 Å². The van der Waals surface area contributed by atoms with Crippen LogP contribution >= 0.6 is 0 Å². The Labute approximate surface area is 278 Å². The summed E-state index contributed by atoms with van der Waals surface area (Å²) in [7, 11) is 0. The lowest BCUT2D eigenvalue weighted by molar-refractivity contribution is 0.473. The Morgan fingerprint density at radius 1 is 0.667 bits per heavy atom. The van der Waals surface area contributed by atoms with Gasteiger partial charge < -0.3 is 13.9 Å². The third-order valence-electron chi connectivity index (χ3n) is 8.91. The number of benzene rings is 6. The number of rotatable bonds is 5. The number of para-hydroxylation sites is 3. The van der Waals surface area contributed by atoms with Gasteiger partial charge in [0.25, 0.3) is 0 Å². The molecule has 0 radical (unpaired) electrons. The summed E-state index contributed by atoms with van der Waals surface area (Å²) in [4.78, 5) is 9.95. The summed E-state index contributed by atoms with van der Waals surface area (Å²) in [5.74, 6) is 0.643. The smallest absolute Gasteiger partial charge is 0.229 e. The van der Waals surface area contributed by atoms with Crippen molar-refractivity contribution in [2.24, 2.45) is 4.99 Å². The molecule has 6 aromatic carbocycles. The molecule has 0 aliphatic heterocycles. The molecule has 0 saturated carbocycles. The number of nitrogens with zero attached hydrogens (tertiary/aromatic N) is 2. The molecule has 0 amide bonds. The molecule has 2 heterocycles. The number of phenolic OH excluding ortho intramolecular Hbond substituents is 1. The normalized spacial score (nSPS) is 12.2. The van der Waals surface area contributed by atoms with E-state index in [0.29, 0.717) is 22.7 Å². The average molecular weight is 627 g/mol. The molecule has 0 spiro atoms. The molecular formula is C43H34N2O3. The highest BCUT2D eigenvalue weighted by Gasteiger charge is 2.21. The molecule has 0 saturated heterocycles. The Kier molecular flexibility index (Phi) is 6.99. The number of aromatic nitrogens is 1. The van der Waals surface area contributed by atoms with Crippen LogP contribution in [0.4, 0.5) is 5.69 Å². The van der Waals surface area contributed by atoms with Crippen LogP contribution in [0.1, 0.15) is 37.5 Å². The van der Waals surface area contributed by atoms with Crippen LogP contribution in [0.15, 0.2) is 135 Å². The molecule has 0 aliphatic rings. The Morgan fingerprint density at radius 3 is 2.29 bits per heavy atom. The Balaban J connectivity index is 1.31. The SMILES string of the molecule is Cc1cccc(-c2cc(-c3cccc4c3oc3ccccc34)c3nc(-c4ccccc4N=Cc4cc(C(C)(C)C)ccc4O)oc3c2)c1. The highest BCUT2D eigenvalue weighted by Crippen LogP contribution is 2.42. The molecule has 8 rings (SSSR count). The Bertz CT molecular complexity index is 2530. The van der Waals surface area contributed by atoms with E-state index in [1.54, 1.807) is 12.3 Å². The van der Waals surface area contributed by atoms with Gasteiger partial charge in [-0.15, -0.1) is 0 Å². The largest absolute Gasteiger partial charge is 0.507 e. The first kappa shape index (κ1) is 29.5. The molecule has 8 aromatic rings. The van der Waals surface area contributed by atoms with Crippen LogP contribution in [-0.4, -0.2) is 16.3 Å². The zero-order chi connectivity index (χ0) is 33.0. The van der Waals surface area contributed by atoms with Crippen molar-refractivity contribution in [2.45, 2.75) is 33.1 Å². The fourth-order valence-electron chi connectivity index (χ4n) is 6.33. The van der Waals surface area contributed by atoms with Crippen LogP contribution in [0.5, 0.6) is 5.75 Å². The van der Waals surface area contributed by atoms with E-state index in [2.05, 4.69) is 88.4 Å². The van der Waals surface area contributed by atoms with E-state index in [0.717, 1.165) is 60.8 Å². The predicted octanol–water partition coefficient (Wildman–Crippen LogP) is 11.8. The number of aromatic hydroxyl groups is 1. The quantitative estimate of drug-likeness (QED) is 0.193. The minimum absolute atomic E-state index is 0.0614. The van der Waals surface area contributed by atoms with Crippen LogP contribution in [0.3, 0.4) is 0 Å². The molecule has 0 unspecified atom stereocenters. The predicted molar refractivity (Wildman–Crippen MR) is 196 cm³/mol. The third kappa shape index (κ3) is 5.23. The summed E-state index contributed by atoms with van der Waals surface area (Å²) in [6, 6.07) is 40.5. The summed E-state index contributed by atoms with van der Waals surface area (Å²) in [6.07, 6.45) is 1.70. The second-order valence-electron chi connectivity index (χ2n) is 13.3. The number of furan rings is 1. The first-order chi connectivity index (χ1) is 23.2. The van der Waals surface area contributed by atoms with E-state index in [4.69, 9.17) is 18.8 Å². The lowest BCUT2D eigenvalue weighted by Crippen LogP contribution is -2.11. The lowest BCUT2D eigenvalue weighted by atomic mass is 9.86. The maximum absolute atomic E-state index is 10.6. The van der Waals surface area contributed by atoms with Gasteiger partial charge in [0.2, 0.25) is 5.89 Å². The van der Waals surface area contributed by atoms with Crippen molar-refractivity contribution in [3.63, 3.8) is 0 Å². The fraction of sp³-hybridized carbons (Fsp3) is 0.116. The van der Waals surface area contributed by atoms with E-state index in [-0.39, 0.29) is 11.2 Å². The van der Waals surface area contributed by atoms with Crippen molar-refractivity contribution in [1.82, 2.24) is 4.98 Å². The molecule has 234 valence electrons. The highest BCUT2D eigenvalue weighted by atomic mass is 16.3. The van der Waals surface area contributed by atoms with Crippen molar-refractivity contribution in [2.75, 3.05) is 0 Å². The minimum Gasteiger partial charge on any atom is -0.507 e. The number of fused-ring (bicyclic) bond motifs is 4. The number of oxazole rings is 1. The van der Waals surface area contributed by atoms with E-state index in [9.17, 15) is 5.11 Å².